The summed E-state index contributed by atoms with van der Waals surface area (Å²) in [5.41, 5.74) is 5.45. The fraction of sp³-hybridized carbons (Fsp3) is 0.333. The number of hydrogen-bond acceptors (Lipinski definition) is 2. The largest absolute Gasteiger partial charge is 0.306 e. The van der Waals surface area contributed by atoms with Crippen LogP contribution in [-0.4, -0.2) is 6.54 Å². The maximum Gasteiger partial charge on any atom is 0.0656 e. The van der Waals surface area contributed by atoms with Crippen molar-refractivity contribution in [2.75, 3.05) is 6.54 Å². The van der Waals surface area contributed by atoms with E-state index in [1.807, 2.05) is 11.3 Å². The number of aryl methyl sites for hydroxylation is 2. The van der Waals surface area contributed by atoms with Crippen LogP contribution in [0.25, 0.3) is 0 Å². The van der Waals surface area contributed by atoms with Gasteiger partial charge in [0.05, 0.1) is 8.93 Å². The first kappa shape index (κ1) is 14.0. The van der Waals surface area contributed by atoms with Gasteiger partial charge in [-0.3, -0.25) is 0 Å². The minimum absolute atomic E-state index is 0.315. The van der Waals surface area contributed by atoms with Crippen molar-refractivity contribution in [3.05, 3.63) is 54.8 Å². The summed E-state index contributed by atoms with van der Waals surface area (Å²) in [6.45, 7) is 7.48. The monoisotopic (exact) mass is 371 g/mol. The summed E-state index contributed by atoms with van der Waals surface area (Å²) < 4.78 is 1.34. The van der Waals surface area contributed by atoms with Gasteiger partial charge in [-0.1, -0.05) is 30.7 Å². The third-order valence-electron chi connectivity index (χ3n) is 3.07. The molecule has 1 nitrogen and oxygen atoms in total. The molecule has 0 aliphatic heterocycles. The Bertz CT molecular complexity index is 533. The Morgan fingerprint density at radius 2 is 2.06 bits per heavy atom. The van der Waals surface area contributed by atoms with Gasteiger partial charge in [0, 0.05) is 0 Å². The van der Waals surface area contributed by atoms with Crippen molar-refractivity contribution in [3.63, 3.8) is 0 Å². The van der Waals surface area contributed by atoms with Crippen LogP contribution in [0.5, 0.6) is 0 Å². The van der Waals surface area contributed by atoms with Crippen molar-refractivity contribution in [2.24, 2.45) is 0 Å². The van der Waals surface area contributed by atoms with E-state index in [0.29, 0.717) is 6.04 Å². The summed E-state index contributed by atoms with van der Waals surface area (Å²) in [5, 5.41) is 5.85. The Kier molecular flexibility index (Phi) is 4.81. The van der Waals surface area contributed by atoms with Crippen LogP contribution in [0.4, 0.5) is 0 Å². The van der Waals surface area contributed by atoms with E-state index in [0.717, 1.165) is 6.54 Å². The Balaban J connectivity index is 2.41. The summed E-state index contributed by atoms with van der Waals surface area (Å²) in [6.07, 6.45) is 0. The summed E-state index contributed by atoms with van der Waals surface area (Å²) in [7, 11) is 0. The molecule has 1 atom stereocenters. The quantitative estimate of drug-likeness (QED) is 0.771. The highest BCUT2D eigenvalue weighted by molar-refractivity contribution is 14.1. The lowest BCUT2D eigenvalue weighted by Crippen LogP contribution is -2.22. The number of benzene rings is 1. The molecule has 1 heterocycles. The van der Waals surface area contributed by atoms with Gasteiger partial charge >= 0.3 is 0 Å². The molecule has 0 bridgehead atoms. The predicted molar refractivity (Wildman–Crippen MR) is 88.5 cm³/mol. The van der Waals surface area contributed by atoms with E-state index in [9.17, 15) is 0 Å². The van der Waals surface area contributed by atoms with Gasteiger partial charge in [0.15, 0.2) is 0 Å². The van der Waals surface area contributed by atoms with Crippen LogP contribution < -0.4 is 5.32 Å². The molecule has 0 amide bonds. The van der Waals surface area contributed by atoms with Gasteiger partial charge in [-0.15, -0.1) is 11.3 Å². The molecule has 1 N–H and O–H groups in total. The Hall–Kier alpha value is -0.390. The van der Waals surface area contributed by atoms with E-state index >= 15 is 0 Å². The second-order valence-corrected chi connectivity index (χ2v) is 7.34. The van der Waals surface area contributed by atoms with Crippen molar-refractivity contribution >= 4 is 33.9 Å². The van der Waals surface area contributed by atoms with Crippen molar-refractivity contribution in [1.82, 2.24) is 5.32 Å². The Labute approximate surface area is 127 Å². The highest BCUT2D eigenvalue weighted by Gasteiger charge is 2.16. The molecule has 3 heteroatoms. The van der Waals surface area contributed by atoms with Gasteiger partial charge in [-0.25, -0.2) is 0 Å². The standard InChI is InChI=1S/C15H18INS/c1-4-17-15(12-8-14(16)18-9-12)13-6-5-10(2)7-11(13)3/h5-9,15,17H,4H2,1-3H3. The van der Waals surface area contributed by atoms with Crippen molar-refractivity contribution < 1.29 is 0 Å². The van der Waals surface area contributed by atoms with E-state index in [-0.39, 0.29) is 0 Å². The minimum atomic E-state index is 0.315. The molecular formula is C15H18INS. The summed E-state index contributed by atoms with van der Waals surface area (Å²) in [6, 6.07) is 9.30. The SMILES string of the molecule is CCNC(c1csc(I)c1)c1ccc(C)cc1C. The van der Waals surface area contributed by atoms with Crippen LogP contribution in [0, 0.1) is 16.7 Å². The average molecular weight is 371 g/mol. The molecule has 0 aliphatic carbocycles. The molecule has 1 unspecified atom stereocenters. The molecule has 96 valence electrons. The zero-order chi connectivity index (χ0) is 13.1. The number of hydrogen-bond donors (Lipinski definition) is 1. The van der Waals surface area contributed by atoms with Gasteiger partial charge in [-0.2, -0.15) is 0 Å². The molecule has 2 rings (SSSR count). The predicted octanol–water partition coefficient (Wildman–Crippen LogP) is 4.67. The third-order valence-corrected chi connectivity index (χ3v) is 4.87. The molecule has 1 aromatic carbocycles. The molecule has 0 saturated carbocycles. The summed E-state index contributed by atoms with van der Waals surface area (Å²) >= 11 is 4.20. The molecule has 0 aliphatic rings. The molecule has 1 aromatic heterocycles. The van der Waals surface area contributed by atoms with E-state index in [1.54, 1.807) is 0 Å². The zero-order valence-electron chi connectivity index (χ0n) is 11.0. The Morgan fingerprint density at radius 1 is 1.28 bits per heavy atom. The van der Waals surface area contributed by atoms with Crippen LogP contribution in [-0.2, 0) is 0 Å². The third kappa shape index (κ3) is 3.13. The maximum atomic E-state index is 3.59. The molecule has 0 fully saturated rings. The molecule has 2 aromatic rings. The topological polar surface area (TPSA) is 12.0 Å². The van der Waals surface area contributed by atoms with Gasteiger partial charge in [0.25, 0.3) is 0 Å². The van der Waals surface area contributed by atoms with Crippen LogP contribution in [0.15, 0.2) is 29.6 Å². The number of thiophene rings is 1. The minimum Gasteiger partial charge on any atom is -0.306 e. The first-order valence-electron chi connectivity index (χ1n) is 6.16. The van der Waals surface area contributed by atoms with Crippen LogP contribution in [0.2, 0.25) is 0 Å². The summed E-state index contributed by atoms with van der Waals surface area (Å²) in [4.78, 5) is 0. The number of halogens is 1. The molecule has 18 heavy (non-hydrogen) atoms. The molecular weight excluding hydrogens is 353 g/mol. The molecule has 0 radical (unpaired) electrons. The zero-order valence-corrected chi connectivity index (χ0v) is 13.9. The second kappa shape index (κ2) is 6.17. The first-order chi connectivity index (χ1) is 8.61. The maximum absolute atomic E-state index is 3.59. The average Bonchev–Trinajstić information content (AvgIpc) is 2.73. The lowest BCUT2D eigenvalue weighted by atomic mass is 9.95. The van der Waals surface area contributed by atoms with Crippen molar-refractivity contribution in [1.29, 1.82) is 0 Å². The lowest BCUT2D eigenvalue weighted by Gasteiger charge is -2.20. The van der Waals surface area contributed by atoms with Gasteiger partial charge in [0.2, 0.25) is 0 Å². The number of nitrogens with one attached hydrogen (secondary N) is 1. The van der Waals surface area contributed by atoms with E-state index in [4.69, 9.17) is 0 Å². The van der Waals surface area contributed by atoms with Crippen LogP contribution in [0.3, 0.4) is 0 Å². The van der Waals surface area contributed by atoms with Gasteiger partial charge < -0.3 is 5.32 Å². The van der Waals surface area contributed by atoms with E-state index < -0.39 is 0 Å². The normalized spacial score (nSPS) is 12.7. The van der Waals surface area contributed by atoms with Crippen molar-refractivity contribution in [2.45, 2.75) is 26.8 Å². The first-order valence-corrected chi connectivity index (χ1v) is 8.12. The van der Waals surface area contributed by atoms with E-state index in [1.165, 1.54) is 25.1 Å². The highest BCUT2D eigenvalue weighted by atomic mass is 127. The highest BCUT2D eigenvalue weighted by Crippen LogP contribution is 2.29. The summed E-state index contributed by atoms with van der Waals surface area (Å²) in [5.74, 6) is 0. The second-order valence-electron chi connectivity index (χ2n) is 4.53. The molecule has 0 saturated heterocycles. The van der Waals surface area contributed by atoms with Gasteiger partial charge in [0.1, 0.15) is 0 Å². The van der Waals surface area contributed by atoms with Crippen molar-refractivity contribution in [3.8, 4) is 0 Å². The molecule has 0 spiro atoms. The lowest BCUT2D eigenvalue weighted by molar-refractivity contribution is 0.629. The van der Waals surface area contributed by atoms with E-state index in [2.05, 4.69) is 78.3 Å². The number of rotatable bonds is 4. The fourth-order valence-corrected chi connectivity index (χ4v) is 3.63. The van der Waals surface area contributed by atoms with Crippen LogP contribution in [0.1, 0.15) is 35.2 Å². The van der Waals surface area contributed by atoms with Gasteiger partial charge in [-0.05, 0) is 71.1 Å². The Morgan fingerprint density at radius 3 is 2.61 bits per heavy atom. The fourth-order valence-electron chi connectivity index (χ4n) is 2.24. The smallest absolute Gasteiger partial charge is 0.0656 e. The van der Waals surface area contributed by atoms with Crippen LogP contribution >= 0.6 is 33.9 Å².